The van der Waals surface area contributed by atoms with Gasteiger partial charge in [-0.05, 0) is 55.9 Å². The second-order valence-electron chi connectivity index (χ2n) is 6.94. The van der Waals surface area contributed by atoms with Crippen LogP contribution < -0.4 is 15.4 Å². The zero-order valence-electron chi connectivity index (χ0n) is 15.4. The molecule has 1 aromatic carbocycles. The average molecular weight is 364 g/mol. The lowest BCUT2D eigenvalue weighted by Crippen LogP contribution is -2.40. The lowest BCUT2D eigenvalue weighted by Gasteiger charge is -2.27. The molecule has 1 aliphatic rings. The van der Waals surface area contributed by atoms with Crippen molar-refractivity contribution in [3.63, 3.8) is 0 Å². The molecule has 0 aliphatic heterocycles. The monoisotopic (exact) mass is 364 g/mol. The van der Waals surface area contributed by atoms with Gasteiger partial charge in [0.15, 0.2) is 5.75 Å². The maximum absolute atomic E-state index is 12.3. The van der Waals surface area contributed by atoms with Gasteiger partial charge in [0.05, 0.1) is 12.2 Å². The van der Waals surface area contributed by atoms with Gasteiger partial charge in [0, 0.05) is 12.2 Å². The summed E-state index contributed by atoms with van der Waals surface area (Å²) in [5.41, 5.74) is 1.04. The second-order valence-corrected chi connectivity index (χ2v) is 6.94. The maximum atomic E-state index is 12.3. The van der Waals surface area contributed by atoms with Crippen LogP contribution in [-0.4, -0.2) is 23.5 Å². The predicted octanol–water partition coefficient (Wildman–Crippen LogP) is 3.85. The van der Waals surface area contributed by atoms with E-state index in [-0.39, 0.29) is 24.4 Å². The van der Waals surface area contributed by atoms with Gasteiger partial charge in [-0.3, -0.25) is 4.79 Å². The van der Waals surface area contributed by atoms with E-state index in [0.29, 0.717) is 17.0 Å². The van der Waals surface area contributed by atoms with Crippen LogP contribution in [0.5, 0.6) is 11.6 Å². The molecule has 1 amide bonds. The summed E-state index contributed by atoms with van der Waals surface area (Å²) >= 11 is 0. The molecule has 6 heteroatoms. The molecule has 3 rings (SSSR count). The molecular weight excluding hydrogens is 340 g/mol. The number of carbonyl (C=O) groups excluding carboxylic acids is 1. The summed E-state index contributed by atoms with van der Waals surface area (Å²) in [7, 11) is 0. The summed E-state index contributed by atoms with van der Waals surface area (Å²) in [5, 5.41) is 15.4. The Morgan fingerprint density at radius 2 is 2.00 bits per heavy atom. The minimum Gasteiger partial charge on any atom is -0.436 e. The molecule has 1 heterocycles. The molecular formula is C21H24N4O2. The topological polar surface area (TPSA) is 87.0 Å². The smallest absolute Gasteiger partial charge is 0.239 e. The zero-order valence-corrected chi connectivity index (χ0v) is 15.4. The number of pyridine rings is 1. The van der Waals surface area contributed by atoms with E-state index in [9.17, 15) is 10.1 Å². The van der Waals surface area contributed by atoms with Gasteiger partial charge in [0.25, 0.3) is 0 Å². The van der Waals surface area contributed by atoms with Gasteiger partial charge >= 0.3 is 0 Å². The third-order valence-corrected chi connectivity index (χ3v) is 4.81. The fraction of sp³-hybridized carbons (Fsp3) is 0.381. The predicted molar refractivity (Wildman–Crippen MR) is 104 cm³/mol. The molecule has 0 bridgehead atoms. The van der Waals surface area contributed by atoms with Crippen LogP contribution >= 0.6 is 0 Å². The van der Waals surface area contributed by atoms with Crippen molar-refractivity contribution in [1.82, 2.24) is 10.3 Å². The Balaban J connectivity index is 1.59. The number of para-hydroxylation sites is 2. The molecule has 1 aliphatic carbocycles. The second kappa shape index (κ2) is 9.04. The first kappa shape index (κ1) is 18.7. The number of benzene rings is 1. The summed E-state index contributed by atoms with van der Waals surface area (Å²) < 4.78 is 5.80. The highest BCUT2D eigenvalue weighted by Gasteiger charge is 2.19. The van der Waals surface area contributed by atoms with E-state index in [1.54, 1.807) is 24.4 Å². The van der Waals surface area contributed by atoms with Gasteiger partial charge in [-0.1, -0.05) is 19.1 Å². The molecule has 27 heavy (non-hydrogen) atoms. The first-order valence-electron chi connectivity index (χ1n) is 9.31. The van der Waals surface area contributed by atoms with Crippen LogP contribution in [0.4, 0.5) is 5.69 Å². The molecule has 140 valence electrons. The van der Waals surface area contributed by atoms with Crippen molar-refractivity contribution in [2.45, 2.75) is 38.6 Å². The van der Waals surface area contributed by atoms with Gasteiger partial charge in [-0.2, -0.15) is 5.26 Å². The highest BCUT2D eigenvalue weighted by molar-refractivity contribution is 5.81. The van der Waals surface area contributed by atoms with Crippen molar-refractivity contribution < 1.29 is 9.53 Å². The Kier molecular flexibility index (Phi) is 6.26. The van der Waals surface area contributed by atoms with Crippen molar-refractivity contribution in [2.75, 3.05) is 11.9 Å². The third kappa shape index (κ3) is 5.20. The standard InChI is InChI=1S/C21H24N4O2/c1-15-8-10-17(11-9-15)25-20(26)14-24-18-6-2-3-7-19(18)27-21-16(13-22)5-4-12-23-21/h2-7,12,15,17,24H,8-11,14H2,1H3,(H,25,26). The van der Waals surface area contributed by atoms with Gasteiger partial charge in [0.1, 0.15) is 11.6 Å². The minimum atomic E-state index is -0.0279. The molecule has 1 fully saturated rings. The number of nitriles is 1. The fourth-order valence-electron chi connectivity index (χ4n) is 3.22. The Bertz CT molecular complexity index is 823. The number of carbonyl (C=O) groups is 1. The SMILES string of the molecule is CC1CCC(NC(=O)CNc2ccccc2Oc2ncccc2C#N)CC1. The number of hydrogen-bond acceptors (Lipinski definition) is 5. The van der Waals surface area contributed by atoms with Gasteiger partial charge in [-0.25, -0.2) is 4.98 Å². The van der Waals surface area contributed by atoms with E-state index in [0.717, 1.165) is 18.8 Å². The fourth-order valence-corrected chi connectivity index (χ4v) is 3.22. The van der Waals surface area contributed by atoms with E-state index in [1.807, 2.05) is 18.2 Å². The van der Waals surface area contributed by atoms with E-state index in [2.05, 4.69) is 28.6 Å². The number of anilines is 1. The number of rotatable bonds is 6. The molecule has 0 saturated heterocycles. The van der Waals surface area contributed by atoms with Crippen LogP contribution in [0.2, 0.25) is 0 Å². The Morgan fingerprint density at radius 1 is 1.22 bits per heavy atom. The minimum absolute atomic E-state index is 0.0279. The van der Waals surface area contributed by atoms with Crippen LogP contribution in [-0.2, 0) is 4.79 Å². The van der Waals surface area contributed by atoms with Crippen LogP contribution in [0.15, 0.2) is 42.6 Å². The molecule has 0 spiro atoms. The van der Waals surface area contributed by atoms with Crippen LogP contribution in [0.25, 0.3) is 0 Å². The number of nitrogens with one attached hydrogen (secondary N) is 2. The summed E-state index contributed by atoms with van der Waals surface area (Å²) in [6, 6.07) is 13.0. The van der Waals surface area contributed by atoms with Crippen molar-refractivity contribution in [1.29, 1.82) is 5.26 Å². The number of ether oxygens (including phenoxy) is 1. The Labute approximate surface area is 159 Å². The van der Waals surface area contributed by atoms with Crippen molar-refractivity contribution in [3.8, 4) is 17.7 Å². The Morgan fingerprint density at radius 3 is 2.78 bits per heavy atom. The third-order valence-electron chi connectivity index (χ3n) is 4.81. The normalized spacial score (nSPS) is 19.0. The summed E-state index contributed by atoms with van der Waals surface area (Å²) in [5.74, 6) is 1.49. The van der Waals surface area contributed by atoms with E-state index < -0.39 is 0 Å². The van der Waals surface area contributed by atoms with Crippen molar-refractivity contribution in [3.05, 3.63) is 48.2 Å². The molecule has 2 aromatic rings. The molecule has 0 atom stereocenters. The van der Waals surface area contributed by atoms with E-state index in [4.69, 9.17) is 4.74 Å². The lowest BCUT2D eigenvalue weighted by molar-refractivity contribution is -0.120. The quantitative estimate of drug-likeness (QED) is 0.813. The molecule has 1 aromatic heterocycles. The lowest BCUT2D eigenvalue weighted by atomic mass is 9.87. The first-order chi connectivity index (χ1) is 13.2. The highest BCUT2D eigenvalue weighted by Crippen LogP contribution is 2.29. The maximum Gasteiger partial charge on any atom is 0.239 e. The highest BCUT2D eigenvalue weighted by atomic mass is 16.5. The van der Waals surface area contributed by atoms with Crippen molar-refractivity contribution >= 4 is 11.6 Å². The van der Waals surface area contributed by atoms with Crippen LogP contribution in [0, 0.1) is 17.2 Å². The number of amides is 1. The van der Waals surface area contributed by atoms with Gasteiger partial charge < -0.3 is 15.4 Å². The van der Waals surface area contributed by atoms with E-state index in [1.165, 1.54) is 12.8 Å². The van der Waals surface area contributed by atoms with E-state index >= 15 is 0 Å². The number of nitrogens with zero attached hydrogens (tertiary/aromatic N) is 2. The van der Waals surface area contributed by atoms with Gasteiger partial charge in [0.2, 0.25) is 11.8 Å². The number of aromatic nitrogens is 1. The van der Waals surface area contributed by atoms with Crippen LogP contribution in [0.3, 0.4) is 0 Å². The molecule has 1 saturated carbocycles. The largest absolute Gasteiger partial charge is 0.436 e. The van der Waals surface area contributed by atoms with Gasteiger partial charge in [-0.15, -0.1) is 0 Å². The molecule has 2 N–H and O–H groups in total. The molecule has 0 radical (unpaired) electrons. The molecule has 6 nitrogen and oxygen atoms in total. The first-order valence-corrected chi connectivity index (χ1v) is 9.31. The average Bonchev–Trinajstić information content (AvgIpc) is 2.69. The van der Waals surface area contributed by atoms with Crippen molar-refractivity contribution in [2.24, 2.45) is 5.92 Å². The summed E-state index contributed by atoms with van der Waals surface area (Å²) in [4.78, 5) is 16.4. The number of hydrogen-bond donors (Lipinski definition) is 2. The molecule has 0 unspecified atom stereocenters. The summed E-state index contributed by atoms with van der Waals surface area (Å²) in [6.07, 6.45) is 6.00. The summed E-state index contributed by atoms with van der Waals surface area (Å²) in [6.45, 7) is 2.43. The Hall–Kier alpha value is -3.07. The zero-order chi connectivity index (χ0) is 19.1. The van der Waals surface area contributed by atoms with Crippen LogP contribution in [0.1, 0.15) is 38.2 Å².